The van der Waals surface area contributed by atoms with E-state index in [9.17, 15) is 9.18 Å². The van der Waals surface area contributed by atoms with Gasteiger partial charge in [0.15, 0.2) is 11.6 Å². The van der Waals surface area contributed by atoms with Gasteiger partial charge in [-0.05, 0) is 30.3 Å². The fraction of sp³-hybridized carbons (Fsp3) is 0.154. The largest absolute Gasteiger partial charge is 0.494 e. The van der Waals surface area contributed by atoms with Crippen LogP contribution in [-0.2, 0) is 6.54 Å². The molecule has 0 saturated carbocycles. The van der Waals surface area contributed by atoms with Crippen molar-refractivity contribution in [2.75, 3.05) is 7.11 Å². The Bertz CT molecular complexity index is 537. The lowest BCUT2D eigenvalue weighted by Crippen LogP contribution is -2.22. The van der Waals surface area contributed by atoms with Crippen LogP contribution in [0.2, 0.25) is 0 Å². The average Bonchev–Trinajstić information content (AvgIpc) is 2.89. The Morgan fingerprint density at radius 1 is 1.44 bits per heavy atom. The van der Waals surface area contributed by atoms with Gasteiger partial charge < -0.3 is 14.5 Å². The molecule has 0 fully saturated rings. The zero-order valence-corrected chi connectivity index (χ0v) is 9.77. The molecule has 0 unspecified atom stereocenters. The van der Waals surface area contributed by atoms with Crippen molar-refractivity contribution in [1.29, 1.82) is 0 Å². The SMILES string of the molecule is COc1ccc(C(=O)NCc2ccco2)cc1F. The van der Waals surface area contributed by atoms with Gasteiger partial charge in [0.05, 0.1) is 19.9 Å². The van der Waals surface area contributed by atoms with E-state index < -0.39 is 5.82 Å². The Kier molecular flexibility index (Phi) is 3.62. The van der Waals surface area contributed by atoms with E-state index in [2.05, 4.69) is 5.32 Å². The van der Waals surface area contributed by atoms with Gasteiger partial charge in [-0.25, -0.2) is 4.39 Å². The van der Waals surface area contributed by atoms with E-state index >= 15 is 0 Å². The van der Waals surface area contributed by atoms with Crippen LogP contribution in [0.1, 0.15) is 16.1 Å². The van der Waals surface area contributed by atoms with Gasteiger partial charge >= 0.3 is 0 Å². The van der Waals surface area contributed by atoms with Crippen LogP contribution in [0.25, 0.3) is 0 Å². The number of hydrogen-bond donors (Lipinski definition) is 1. The molecule has 0 saturated heterocycles. The Balaban J connectivity index is 2.02. The molecule has 2 aromatic rings. The van der Waals surface area contributed by atoms with Gasteiger partial charge in [-0.1, -0.05) is 0 Å². The minimum absolute atomic E-state index is 0.109. The molecule has 0 atom stereocenters. The molecule has 0 aliphatic heterocycles. The number of rotatable bonds is 4. The second kappa shape index (κ2) is 5.35. The first-order valence-electron chi connectivity index (χ1n) is 5.35. The molecule has 4 nitrogen and oxygen atoms in total. The maximum Gasteiger partial charge on any atom is 0.251 e. The number of furan rings is 1. The summed E-state index contributed by atoms with van der Waals surface area (Å²) in [5.74, 6) is -0.189. The standard InChI is InChI=1S/C13H12FNO3/c1-17-12-5-4-9(7-11(12)14)13(16)15-8-10-3-2-6-18-10/h2-7H,8H2,1H3,(H,15,16). The Labute approximate surface area is 103 Å². The zero-order valence-electron chi connectivity index (χ0n) is 9.77. The molecule has 1 heterocycles. The van der Waals surface area contributed by atoms with Gasteiger partial charge in [-0.3, -0.25) is 4.79 Å². The van der Waals surface area contributed by atoms with Crippen molar-refractivity contribution in [3.05, 3.63) is 53.7 Å². The highest BCUT2D eigenvalue weighted by Crippen LogP contribution is 2.17. The predicted octanol–water partition coefficient (Wildman–Crippen LogP) is 2.36. The van der Waals surface area contributed by atoms with E-state index in [1.165, 1.54) is 25.5 Å². The average molecular weight is 249 g/mol. The molecule has 0 aliphatic rings. The van der Waals surface area contributed by atoms with Crippen LogP contribution in [-0.4, -0.2) is 13.0 Å². The van der Waals surface area contributed by atoms with Gasteiger partial charge in [0.1, 0.15) is 5.76 Å². The number of carbonyl (C=O) groups excluding carboxylic acids is 1. The minimum Gasteiger partial charge on any atom is -0.494 e. The molecular formula is C13H12FNO3. The summed E-state index contributed by atoms with van der Waals surface area (Å²) in [5.41, 5.74) is 0.236. The van der Waals surface area contributed by atoms with Gasteiger partial charge in [-0.2, -0.15) is 0 Å². The van der Waals surface area contributed by atoms with E-state index in [1.807, 2.05) is 0 Å². The summed E-state index contributed by atoms with van der Waals surface area (Å²) in [6.45, 7) is 0.263. The van der Waals surface area contributed by atoms with Crippen molar-refractivity contribution in [3.8, 4) is 5.75 Å². The lowest BCUT2D eigenvalue weighted by molar-refractivity contribution is 0.0947. The molecular weight excluding hydrogens is 237 g/mol. The smallest absolute Gasteiger partial charge is 0.251 e. The van der Waals surface area contributed by atoms with Crippen molar-refractivity contribution < 1.29 is 18.3 Å². The molecule has 5 heteroatoms. The molecule has 0 spiro atoms. The first-order chi connectivity index (χ1) is 8.70. The number of amides is 1. The van der Waals surface area contributed by atoms with Crippen LogP contribution in [0.15, 0.2) is 41.0 Å². The van der Waals surface area contributed by atoms with E-state index in [0.29, 0.717) is 5.76 Å². The van der Waals surface area contributed by atoms with Crippen LogP contribution < -0.4 is 10.1 Å². The number of benzene rings is 1. The number of ether oxygens (including phenoxy) is 1. The fourth-order valence-corrected chi connectivity index (χ4v) is 1.49. The molecule has 0 bridgehead atoms. The van der Waals surface area contributed by atoms with Crippen LogP contribution in [0.4, 0.5) is 4.39 Å². The topological polar surface area (TPSA) is 51.5 Å². The van der Waals surface area contributed by atoms with Crippen LogP contribution in [0.3, 0.4) is 0 Å². The summed E-state index contributed by atoms with van der Waals surface area (Å²) in [5, 5.41) is 2.63. The first kappa shape index (κ1) is 12.2. The molecule has 1 amide bonds. The predicted molar refractivity (Wildman–Crippen MR) is 62.8 cm³/mol. The quantitative estimate of drug-likeness (QED) is 0.904. The van der Waals surface area contributed by atoms with Crippen LogP contribution in [0, 0.1) is 5.82 Å². The lowest BCUT2D eigenvalue weighted by atomic mass is 10.2. The molecule has 1 aromatic carbocycles. The number of methoxy groups -OCH3 is 1. The lowest BCUT2D eigenvalue weighted by Gasteiger charge is -2.05. The maximum atomic E-state index is 13.4. The monoisotopic (exact) mass is 249 g/mol. The summed E-state index contributed by atoms with van der Waals surface area (Å²) >= 11 is 0. The number of nitrogens with one attached hydrogen (secondary N) is 1. The third-order valence-electron chi connectivity index (χ3n) is 2.42. The summed E-state index contributed by atoms with van der Waals surface area (Å²) in [6.07, 6.45) is 1.52. The summed E-state index contributed by atoms with van der Waals surface area (Å²) in [7, 11) is 1.37. The third-order valence-corrected chi connectivity index (χ3v) is 2.42. The summed E-state index contributed by atoms with van der Waals surface area (Å²) < 4.78 is 23.2. The highest BCUT2D eigenvalue weighted by molar-refractivity contribution is 5.94. The summed E-state index contributed by atoms with van der Waals surface area (Å²) in [6, 6.07) is 7.52. The molecule has 1 N–H and O–H groups in total. The normalized spacial score (nSPS) is 10.1. The zero-order chi connectivity index (χ0) is 13.0. The highest BCUT2D eigenvalue weighted by atomic mass is 19.1. The molecule has 0 radical (unpaired) electrons. The van der Waals surface area contributed by atoms with Gasteiger partial charge in [0.25, 0.3) is 5.91 Å². The second-order valence-corrected chi connectivity index (χ2v) is 3.61. The van der Waals surface area contributed by atoms with Crippen LogP contribution >= 0.6 is 0 Å². The fourth-order valence-electron chi connectivity index (χ4n) is 1.49. The van der Waals surface area contributed by atoms with Gasteiger partial charge in [0, 0.05) is 5.56 Å². The van der Waals surface area contributed by atoms with E-state index in [0.717, 1.165) is 6.07 Å². The minimum atomic E-state index is -0.567. The molecule has 18 heavy (non-hydrogen) atoms. The van der Waals surface area contributed by atoms with E-state index in [-0.39, 0.29) is 23.8 Å². The third kappa shape index (κ3) is 2.68. The molecule has 94 valence electrons. The van der Waals surface area contributed by atoms with Crippen molar-refractivity contribution >= 4 is 5.91 Å². The maximum absolute atomic E-state index is 13.4. The van der Waals surface area contributed by atoms with Crippen molar-refractivity contribution in [2.24, 2.45) is 0 Å². The number of hydrogen-bond acceptors (Lipinski definition) is 3. The van der Waals surface area contributed by atoms with Gasteiger partial charge in [0.2, 0.25) is 0 Å². The van der Waals surface area contributed by atoms with Crippen molar-refractivity contribution in [2.45, 2.75) is 6.54 Å². The van der Waals surface area contributed by atoms with E-state index in [1.54, 1.807) is 12.1 Å². The highest BCUT2D eigenvalue weighted by Gasteiger charge is 2.10. The Morgan fingerprint density at radius 2 is 2.28 bits per heavy atom. The Morgan fingerprint density at radius 3 is 2.89 bits per heavy atom. The van der Waals surface area contributed by atoms with Crippen LogP contribution in [0.5, 0.6) is 5.75 Å². The summed E-state index contributed by atoms with van der Waals surface area (Å²) in [4.78, 5) is 11.7. The van der Waals surface area contributed by atoms with Gasteiger partial charge in [-0.15, -0.1) is 0 Å². The Hall–Kier alpha value is -2.30. The van der Waals surface area contributed by atoms with Crippen molar-refractivity contribution in [1.82, 2.24) is 5.32 Å². The molecule has 0 aliphatic carbocycles. The molecule has 1 aromatic heterocycles. The van der Waals surface area contributed by atoms with E-state index in [4.69, 9.17) is 9.15 Å². The molecule has 2 rings (SSSR count). The number of carbonyl (C=O) groups is 1. The first-order valence-corrected chi connectivity index (χ1v) is 5.35. The second-order valence-electron chi connectivity index (χ2n) is 3.61. The number of halogens is 1. The van der Waals surface area contributed by atoms with Crippen molar-refractivity contribution in [3.63, 3.8) is 0 Å².